The Bertz CT molecular complexity index is 635. The van der Waals surface area contributed by atoms with Crippen molar-refractivity contribution >= 4 is 28.2 Å². The molecule has 0 aliphatic rings. The van der Waals surface area contributed by atoms with E-state index in [-0.39, 0.29) is 5.91 Å². The molecule has 2 amide bonds. The van der Waals surface area contributed by atoms with Crippen molar-refractivity contribution in [3.05, 3.63) is 46.1 Å². The van der Waals surface area contributed by atoms with Crippen LogP contribution in [0.15, 0.2) is 24.5 Å². The first-order chi connectivity index (χ1) is 9.00. The SMILES string of the molecule is Cc1sc(NC(=O)c2cccnc2)c(C(N)=O)c1C. The van der Waals surface area contributed by atoms with E-state index < -0.39 is 5.91 Å². The van der Waals surface area contributed by atoms with Crippen molar-refractivity contribution in [2.45, 2.75) is 13.8 Å². The molecule has 19 heavy (non-hydrogen) atoms. The molecule has 5 nitrogen and oxygen atoms in total. The van der Waals surface area contributed by atoms with Crippen LogP contribution >= 0.6 is 11.3 Å². The molecule has 0 saturated carbocycles. The van der Waals surface area contributed by atoms with E-state index in [2.05, 4.69) is 10.3 Å². The maximum absolute atomic E-state index is 12.0. The van der Waals surface area contributed by atoms with Gasteiger partial charge in [0.2, 0.25) is 0 Å². The van der Waals surface area contributed by atoms with E-state index in [0.29, 0.717) is 16.1 Å². The lowest BCUT2D eigenvalue weighted by Crippen LogP contribution is -2.17. The van der Waals surface area contributed by atoms with Crippen LogP contribution in [0.3, 0.4) is 0 Å². The van der Waals surface area contributed by atoms with E-state index in [0.717, 1.165) is 10.4 Å². The van der Waals surface area contributed by atoms with Crippen molar-refractivity contribution in [2.75, 3.05) is 5.32 Å². The molecule has 3 N–H and O–H groups in total. The highest BCUT2D eigenvalue weighted by molar-refractivity contribution is 7.16. The Labute approximate surface area is 114 Å². The van der Waals surface area contributed by atoms with E-state index in [1.54, 1.807) is 18.3 Å². The number of hydrogen-bond donors (Lipinski definition) is 2. The predicted molar refractivity (Wildman–Crippen MR) is 74.5 cm³/mol. The van der Waals surface area contributed by atoms with E-state index >= 15 is 0 Å². The second-order valence-corrected chi connectivity index (χ2v) is 5.27. The third-order valence-electron chi connectivity index (χ3n) is 2.78. The number of primary amides is 1. The van der Waals surface area contributed by atoms with Gasteiger partial charge in [-0.15, -0.1) is 11.3 Å². The van der Waals surface area contributed by atoms with Crippen LogP contribution in [0.1, 0.15) is 31.2 Å². The van der Waals surface area contributed by atoms with Crippen LogP contribution in [-0.2, 0) is 0 Å². The zero-order valence-electron chi connectivity index (χ0n) is 10.6. The number of carbonyl (C=O) groups is 2. The Kier molecular flexibility index (Phi) is 3.62. The fraction of sp³-hybridized carbons (Fsp3) is 0.154. The molecule has 0 saturated heterocycles. The van der Waals surface area contributed by atoms with Gasteiger partial charge in [0.25, 0.3) is 11.8 Å². The molecule has 0 unspecified atom stereocenters. The van der Waals surface area contributed by atoms with Gasteiger partial charge in [-0.1, -0.05) is 0 Å². The molecule has 0 radical (unpaired) electrons. The van der Waals surface area contributed by atoms with E-state index in [1.165, 1.54) is 17.5 Å². The number of pyridine rings is 1. The first-order valence-electron chi connectivity index (χ1n) is 5.62. The summed E-state index contributed by atoms with van der Waals surface area (Å²) in [5, 5.41) is 3.19. The minimum Gasteiger partial charge on any atom is -0.365 e. The fourth-order valence-electron chi connectivity index (χ4n) is 1.68. The molecule has 0 spiro atoms. The molecule has 2 aromatic rings. The third-order valence-corrected chi connectivity index (χ3v) is 3.91. The molecule has 0 bridgehead atoms. The summed E-state index contributed by atoms with van der Waals surface area (Å²) in [6.07, 6.45) is 3.05. The molecule has 0 atom stereocenters. The Morgan fingerprint density at radius 1 is 1.37 bits per heavy atom. The summed E-state index contributed by atoms with van der Waals surface area (Å²) >= 11 is 1.34. The minimum absolute atomic E-state index is 0.308. The summed E-state index contributed by atoms with van der Waals surface area (Å²) in [5.41, 5.74) is 6.96. The van der Waals surface area contributed by atoms with Crippen molar-refractivity contribution in [1.82, 2.24) is 4.98 Å². The minimum atomic E-state index is -0.539. The maximum Gasteiger partial charge on any atom is 0.257 e. The summed E-state index contributed by atoms with van der Waals surface area (Å²) in [4.78, 5) is 28.3. The Balaban J connectivity index is 2.32. The first-order valence-corrected chi connectivity index (χ1v) is 6.43. The van der Waals surface area contributed by atoms with Gasteiger partial charge < -0.3 is 11.1 Å². The Morgan fingerprint density at radius 2 is 2.11 bits per heavy atom. The summed E-state index contributed by atoms with van der Waals surface area (Å²) in [5.74, 6) is -0.847. The molecule has 2 aromatic heterocycles. The van der Waals surface area contributed by atoms with Crippen LogP contribution in [0.2, 0.25) is 0 Å². The second kappa shape index (κ2) is 5.19. The number of rotatable bonds is 3. The maximum atomic E-state index is 12.0. The molecular formula is C13H13N3O2S. The Hall–Kier alpha value is -2.21. The van der Waals surface area contributed by atoms with Gasteiger partial charge in [0.05, 0.1) is 11.1 Å². The molecule has 0 aromatic carbocycles. The number of aromatic nitrogens is 1. The van der Waals surface area contributed by atoms with Crippen LogP contribution in [0.5, 0.6) is 0 Å². The first kappa shape index (κ1) is 13.2. The van der Waals surface area contributed by atoms with Crippen LogP contribution in [0.25, 0.3) is 0 Å². The van der Waals surface area contributed by atoms with Gasteiger partial charge in [0, 0.05) is 17.3 Å². The predicted octanol–water partition coefficient (Wildman–Crippen LogP) is 2.11. The van der Waals surface area contributed by atoms with Gasteiger partial charge >= 0.3 is 0 Å². The fourth-order valence-corrected chi connectivity index (χ4v) is 2.74. The molecular weight excluding hydrogens is 262 g/mol. The largest absolute Gasteiger partial charge is 0.365 e. The van der Waals surface area contributed by atoms with Crippen LogP contribution in [-0.4, -0.2) is 16.8 Å². The standard InChI is InChI=1S/C13H13N3O2S/c1-7-8(2)19-13(10(7)11(14)17)16-12(18)9-4-3-5-15-6-9/h3-6H,1-2H3,(H2,14,17)(H,16,18). The van der Waals surface area contributed by atoms with Crippen LogP contribution in [0, 0.1) is 13.8 Å². The van der Waals surface area contributed by atoms with Gasteiger partial charge in [-0.25, -0.2) is 0 Å². The average molecular weight is 275 g/mol. The molecule has 0 aliphatic carbocycles. The molecule has 6 heteroatoms. The van der Waals surface area contributed by atoms with Gasteiger partial charge in [-0.05, 0) is 31.5 Å². The van der Waals surface area contributed by atoms with Crippen molar-refractivity contribution in [2.24, 2.45) is 5.73 Å². The molecule has 2 heterocycles. The number of hydrogen-bond acceptors (Lipinski definition) is 4. The molecule has 0 fully saturated rings. The molecule has 2 rings (SSSR count). The second-order valence-electron chi connectivity index (χ2n) is 4.05. The normalized spacial score (nSPS) is 10.2. The van der Waals surface area contributed by atoms with Gasteiger partial charge in [-0.2, -0.15) is 0 Å². The number of nitrogens with two attached hydrogens (primary N) is 1. The topological polar surface area (TPSA) is 85.1 Å². The van der Waals surface area contributed by atoms with Crippen LogP contribution in [0.4, 0.5) is 5.00 Å². The number of amides is 2. The van der Waals surface area contributed by atoms with E-state index in [4.69, 9.17) is 5.73 Å². The highest BCUT2D eigenvalue weighted by atomic mass is 32.1. The van der Waals surface area contributed by atoms with Crippen molar-refractivity contribution in [1.29, 1.82) is 0 Å². The van der Waals surface area contributed by atoms with E-state index in [1.807, 2.05) is 13.8 Å². The average Bonchev–Trinajstić information content (AvgIpc) is 2.65. The highest BCUT2D eigenvalue weighted by Crippen LogP contribution is 2.32. The quantitative estimate of drug-likeness (QED) is 0.899. The number of aryl methyl sites for hydroxylation is 1. The highest BCUT2D eigenvalue weighted by Gasteiger charge is 2.19. The summed E-state index contributed by atoms with van der Waals surface area (Å²) < 4.78 is 0. The Morgan fingerprint density at radius 3 is 2.68 bits per heavy atom. The zero-order valence-corrected chi connectivity index (χ0v) is 11.4. The van der Waals surface area contributed by atoms with Gasteiger partial charge in [0.1, 0.15) is 5.00 Å². The van der Waals surface area contributed by atoms with Crippen molar-refractivity contribution in [3.8, 4) is 0 Å². The lowest BCUT2D eigenvalue weighted by atomic mass is 10.1. The zero-order chi connectivity index (χ0) is 14.0. The number of nitrogens with zero attached hydrogens (tertiary/aromatic N) is 1. The van der Waals surface area contributed by atoms with Gasteiger partial charge in [-0.3, -0.25) is 14.6 Å². The molecule has 0 aliphatic heterocycles. The van der Waals surface area contributed by atoms with Crippen molar-refractivity contribution in [3.63, 3.8) is 0 Å². The lowest BCUT2D eigenvalue weighted by Gasteiger charge is -2.04. The number of nitrogens with one attached hydrogen (secondary N) is 1. The van der Waals surface area contributed by atoms with Crippen LogP contribution < -0.4 is 11.1 Å². The lowest BCUT2D eigenvalue weighted by molar-refractivity contribution is 0.100. The third kappa shape index (κ3) is 2.63. The number of thiophene rings is 1. The van der Waals surface area contributed by atoms with E-state index in [9.17, 15) is 9.59 Å². The number of anilines is 1. The number of carbonyl (C=O) groups excluding carboxylic acids is 2. The smallest absolute Gasteiger partial charge is 0.257 e. The monoisotopic (exact) mass is 275 g/mol. The summed E-state index contributed by atoms with van der Waals surface area (Å²) in [7, 11) is 0. The molecule has 98 valence electrons. The van der Waals surface area contributed by atoms with Crippen molar-refractivity contribution < 1.29 is 9.59 Å². The summed E-state index contributed by atoms with van der Waals surface area (Å²) in [6.45, 7) is 3.69. The summed E-state index contributed by atoms with van der Waals surface area (Å²) in [6, 6.07) is 3.33. The van der Waals surface area contributed by atoms with Gasteiger partial charge in [0.15, 0.2) is 0 Å².